The molecule has 1 aromatic carbocycles. The van der Waals surface area contributed by atoms with Crippen LogP contribution >= 0.6 is 11.3 Å². The first-order valence-electron chi connectivity index (χ1n) is 10.2. The molecule has 1 unspecified atom stereocenters. The Morgan fingerprint density at radius 3 is 2.83 bits per heavy atom. The average molecular weight is 424 g/mol. The van der Waals surface area contributed by atoms with E-state index in [-0.39, 0.29) is 18.0 Å². The van der Waals surface area contributed by atoms with Crippen molar-refractivity contribution in [3.05, 3.63) is 65.0 Å². The summed E-state index contributed by atoms with van der Waals surface area (Å²) in [6, 6.07) is 9.04. The van der Waals surface area contributed by atoms with Gasteiger partial charge in [-0.05, 0) is 44.2 Å². The van der Waals surface area contributed by atoms with E-state index in [9.17, 15) is 9.18 Å². The highest BCUT2D eigenvalue weighted by molar-refractivity contribution is 7.13. The van der Waals surface area contributed by atoms with Gasteiger partial charge in [-0.3, -0.25) is 4.79 Å². The molecule has 6 rings (SSSR count). The standard InChI is InChI=1S/C23H22FN3O2S/c1-14-2-4-19(22-25-6-7-30-22)20(8-14)23(28)27-17-9-15(10-17)11-18(27)13-29-21-5-3-16(24)12-26-21/h2-8,12,15,17-18H,9-11,13H2,1H3. The van der Waals surface area contributed by atoms with Crippen molar-refractivity contribution in [1.82, 2.24) is 14.9 Å². The number of rotatable bonds is 5. The molecule has 1 aliphatic carbocycles. The van der Waals surface area contributed by atoms with Crippen molar-refractivity contribution in [2.45, 2.75) is 38.3 Å². The Bertz CT molecular complexity index is 1050. The number of fused-ring (bicyclic) bond motifs is 2. The summed E-state index contributed by atoms with van der Waals surface area (Å²) >= 11 is 1.53. The summed E-state index contributed by atoms with van der Waals surface area (Å²) in [6.45, 7) is 2.36. The lowest BCUT2D eigenvalue weighted by Gasteiger charge is -2.53. The molecule has 3 aliphatic rings. The number of carbonyl (C=O) groups excluding carboxylic acids is 1. The summed E-state index contributed by atoms with van der Waals surface area (Å²) in [4.78, 5) is 24.2. The number of benzene rings is 1. The van der Waals surface area contributed by atoms with Crippen molar-refractivity contribution in [2.24, 2.45) is 5.92 Å². The van der Waals surface area contributed by atoms with Crippen LogP contribution < -0.4 is 4.74 Å². The van der Waals surface area contributed by atoms with E-state index in [2.05, 4.69) is 9.97 Å². The number of hydrogen-bond acceptors (Lipinski definition) is 5. The monoisotopic (exact) mass is 423 g/mol. The number of nitrogens with zero attached hydrogens (tertiary/aromatic N) is 3. The van der Waals surface area contributed by atoms with Gasteiger partial charge in [-0.2, -0.15) is 0 Å². The molecular weight excluding hydrogens is 401 g/mol. The lowest BCUT2D eigenvalue weighted by molar-refractivity contribution is -0.0310. The quantitative estimate of drug-likeness (QED) is 0.596. The number of halogens is 1. The van der Waals surface area contributed by atoms with E-state index in [0.717, 1.165) is 41.6 Å². The third kappa shape index (κ3) is 3.58. The van der Waals surface area contributed by atoms with E-state index < -0.39 is 5.82 Å². The van der Waals surface area contributed by atoms with Gasteiger partial charge in [-0.25, -0.2) is 14.4 Å². The second-order valence-electron chi connectivity index (χ2n) is 8.11. The Morgan fingerprint density at radius 2 is 2.10 bits per heavy atom. The molecule has 30 heavy (non-hydrogen) atoms. The third-order valence-corrected chi connectivity index (χ3v) is 6.84. The number of thiazole rings is 1. The van der Waals surface area contributed by atoms with Crippen LogP contribution in [0.15, 0.2) is 48.1 Å². The van der Waals surface area contributed by atoms with Crippen LogP contribution in [-0.4, -0.2) is 39.5 Å². The molecule has 3 fully saturated rings. The van der Waals surface area contributed by atoms with Gasteiger partial charge in [0.1, 0.15) is 17.4 Å². The number of pyridine rings is 1. The highest BCUT2D eigenvalue weighted by atomic mass is 32.1. The molecule has 1 saturated carbocycles. The smallest absolute Gasteiger partial charge is 0.255 e. The Balaban J connectivity index is 1.42. The van der Waals surface area contributed by atoms with Gasteiger partial charge < -0.3 is 9.64 Å². The highest BCUT2D eigenvalue weighted by Gasteiger charge is 2.47. The van der Waals surface area contributed by atoms with E-state index >= 15 is 0 Å². The lowest BCUT2D eigenvalue weighted by atomic mass is 9.70. The van der Waals surface area contributed by atoms with Crippen LogP contribution in [0, 0.1) is 18.7 Å². The fourth-order valence-electron chi connectivity index (χ4n) is 4.54. The Kier molecular flexibility index (Phi) is 4.98. The fourth-order valence-corrected chi connectivity index (χ4v) is 5.22. The first kappa shape index (κ1) is 19.2. The molecule has 0 spiro atoms. The zero-order valence-corrected chi connectivity index (χ0v) is 17.4. The molecule has 2 saturated heterocycles. The van der Waals surface area contributed by atoms with E-state index in [1.54, 1.807) is 6.20 Å². The number of carbonyl (C=O) groups is 1. The Hall–Kier alpha value is -2.80. The minimum Gasteiger partial charge on any atom is -0.475 e. The predicted molar refractivity (Wildman–Crippen MR) is 113 cm³/mol. The summed E-state index contributed by atoms with van der Waals surface area (Å²) in [5.41, 5.74) is 2.62. The van der Waals surface area contributed by atoms with Gasteiger partial charge in [0.15, 0.2) is 0 Å². The van der Waals surface area contributed by atoms with Crippen molar-refractivity contribution < 1.29 is 13.9 Å². The average Bonchev–Trinajstić information content (AvgIpc) is 3.26. The van der Waals surface area contributed by atoms with Crippen LogP contribution in [0.5, 0.6) is 5.88 Å². The first-order valence-corrected chi connectivity index (χ1v) is 11.0. The maximum Gasteiger partial charge on any atom is 0.255 e. The number of ether oxygens (including phenoxy) is 1. The van der Waals surface area contributed by atoms with Crippen LogP contribution in [0.2, 0.25) is 0 Å². The van der Waals surface area contributed by atoms with Crippen molar-refractivity contribution in [3.63, 3.8) is 0 Å². The van der Waals surface area contributed by atoms with Gasteiger partial charge in [0.25, 0.3) is 5.91 Å². The van der Waals surface area contributed by atoms with Crippen molar-refractivity contribution in [1.29, 1.82) is 0 Å². The van der Waals surface area contributed by atoms with E-state index in [1.165, 1.54) is 23.5 Å². The zero-order chi connectivity index (χ0) is 20.7. The van der Waals surface area contributed by atoms with Crippen LogP contribution in [0.1, 0.15) is 35.2 Å². The van der Waals surface area contributed by atoms with Gasteiger partial charge in [-0.1, -0.05) is 17.7 Å². The van der Waals surface area contributed by atoms with Crippen molar-refractivity contribution >= 4 is 17.2 Å². The topological polar surface area (TPSA) is 55.3 Å². The van der Waals surface area contributed by atoms with Gasteiger partial charge >= 0.3 is 0 Å². The highest BCUT2D eigenvalue weighted by Crippen LogP contribution is 2.44. The molecular formula is C23H22FN3O2S. The normalized spacial score (nSPS) is 22.5. The summed E-state index contributed by atoms with van der Waals surface area (Å²) < 4.78 is 18.9. The van der Waals surface area contributed by atoms with E-state index in [1.807, 2.05) is 35.4 Å². The molecule has 7 heteroatoms. The van der Waals surface area contributed by atoms with Gasteiger partial charge in [-0.15, -0.1) is 11.3 Å². The van der Waals surface area contributed by atoms with Crippen LogP contribution in [-0.2, 0) is 0 Å². The van der Waals surface area contributed by atoms with Gasteiger partial charge in [0.2, 0.25) is 5.88 Å². The number of piperidine rings is 2. The van der Waals surface area contributed by atoms with Crippen molar-refractivity contribution in [2.75, 3.05) is 6.61 Å². The molecule has 0 N–H and O–H groups in total. The molecule has 2 bridgehead atoms. The van der Waals surface area contributed by atoms with E-state index in [4.69, 9.17) is 4.74 Å². The van der Waals surface area contributed by atoms with E-state index in [0.29, 0.717) is 24.0 Å². The minimum atomic E-state index is -0.396. The SMILES string of the molecule is Cc1ccc(-c2nccs2)c(C(=O)N2C(COc3ccc(F)cn3)CC3CC2C3)c1. The molecule has 1 atom stereocenters. The summed E-state index contributed by atoms with van der Waals surface area (Å²) in [5.74, 6) is 0.659. The summed E-state index contributed by atoms with van der Waals surface area (Å²) in [6.07, 6.45) is 5.92. The third-order valence-electron chi connectivity index (χ3n) is 6.03. The summed E-state index contributed by atoms with van der Waals surface area (Å²) in [5, 5.41) is 2.78. The largest absolute Gasteiger partial charge is 0.475 e. The summed E-state index contributed by atoms with van der Waals surface area (Å²) in [7, 11) is 0. The molecule has 1 amide bonds. The molecule has 154 valence electrons. The van der Waals surface area contributed by atoms with Crippen LogP contribution in [0.3, 0.4) is 0 Å². The second-order valence-corrected chi connectivity index (χ2v) is 9.00. The van der Waals surface area contributed by atoms with Crippen LogP contribution in [0.25, 0.3) is 10.6 Å². The Morgan fingerprint density at radius 1 is 1.23 bits per heavy atom. The Labute approximate surface area is 178 Å². The molecule has 3 aromatic rings. The molecule has 5 nitrogen and oxygen atoms in total. The minimum absolute atomic E-state index is 0.0217. The number of aryl methyl sites for hydroxylation is 1. The van der Waals surface area contributed by atoms with Gasteiger partial charge in [0.05, 0.1) is 17.8 Å². The van der Waals surface area contributed by atoms with Gasteiger partial charge in [0, 0.05) is 29.2 Å². The molecule has 2 aromatic heterocycles. The van der Waals surface area contributed by atoms with Crippen LogP contribution in [0.4, 0.5) is 4.39 Å². The zero-order valence-electron chi connectivity index (χ0n) is 16.6. The second kappa shape index (κ2) is 7.80. The molecule has 2 aliphatic heterocycles. The number of amides is 1. The molecule has 4 heterocycles. The lowest BCUT2D eigenvalue weighted by Crippen LogP contribution is -2.60. The fraction of sp³-hybridized carbons (Fsp3) is 0.348. The maximum atomic E-state index is 13.8. The van der Waals surface area contributed by atoms with Crippen molar-refractivity contribution in [3.8, 4) is 16.5 Å². The first-order chi connectivity index (χ1) is 14.6. The maximum absolute atomic E-state index is 13.8. The molecule has 0 radical (unpaired) electrons. The predicted octanol–water partition coefficient (Wildman–Crippen LogP) is 4.72. The number of hydrogen-bond donors (Lipinski definition) is 0. The number of aromatic nitrogens is 2.